The Hall–Kier alpha value is -1.63. The Bertz CT molecular complexity index is 511. The molecule has 0 aromatic carbocycles. The van der Waals surface area contributed by atoms with Crippen molar-refractivity contribution < 1.29 is 14.7 Å². The Labute approximate surface area is 121 Å². The zero-order valence-electron chi connectivity index (χ0n) is 11.6. The van der Waals surface area contributed by atoms with Crippen LogP contribution >= 0.6 is 11.3 Å². The number of aliphatic carboxylic acids is 1. The molecule has 3 N–H and O–H groups in total. The van der Waals surface area contributed by atoms with Crippen molar-refractivity contribution in [3.63, 3.8) is 0 Å². The van der Waals surface area contributed by atoms with Crippen LogP contribution < -0.4 is 10.6 Å². The van der Waals surface area contributed by atoms with Crippen LogP contribution in [-0.2, 0) is 4.79 Å². The average molecular weight is 297 g/mol. The highest BCUT2D eigenvalue weighted by molar-refractivity contribution is 7.09. The third-order valence-corrected chi connectivity index (χ3v) is 4.85. The topological polar surface area (TPSA) is 91.3 Å². The lowest BCUT2D eigenvalue weighted by atomic mass is 9.69. The first-order valence-electron chi connectivity index (χ1n) is 6.63. The van der Waals surface area contributed by atoms with Gasteiger partial charge in [0.2, 0.25) is 0 Å². The highest BCUT2D eigenvalue weighted by atomic mass is 32.1. The minimum absolute atomic E-state index is 0.178. The molecule has 110 valence electrons. The summed E-state index contributed by atoms with van der Waals surface area (Å²) in [6.45, 7) is 3.94. The van der Waals surface area contributed by atoms with E-state index in [9.17, 15) is 14.7 Å². The van der Waals surface area contributed by atoms with Crippen LogP contribution in [0.3, 0.4) is 0 Å². The predicted molar refractivity (Wildman–Crippen MR) is 75.7 cm³/mol. The number of urea groups is 1. The van der Waals surface area contributed by atoms with E-state index in [1.807, 2.05) is 19.2 Å². The van der Waals surface area contributed by atoms with E-state index in [0.717, 1.165) is 17.1 Å². The molecule has 0 spiro atoms. The van der Waals surface area contributed by atoms with E-state index in [1.54, 1.807) is 0 Å². The van der Waals surface area contributed by atoms with Crippen molar-refractivity contribution in [3.05, 3.63) is 16.1 Å². The Morgan fingerprint density at radius 1 is 1.55 bits per heavy atom. The van der Waals surface area contributed by atoms with Gasteiger partial charge in [-0.15, -0.1) is 11.3 Å². The molecule has 2 rings (SSSR count). The molecule has 1 fully saturated rings. The van der Waals surface area contributed by atoms with Gasteiger partial charge in [-0.3, -0.25) is 4.79 Å². The first-order chi connectivity index (χ1) is 9.43. The maximum absolute atomic E-state index is 11.8. The summed E-state index contributed by atoms with van der Waals surface area (Å²) in [7, 11) is 0. The van der Waals surface area contributed by atoms with Gasteiger partial charge >= 0.3 is 12.0 Å². The van der Waals surface area contributed by atoms with Crippen LogP contribution in [0.2, 0.25) is 0 Å². The Morgan fingerprint density at radius 3 is 2.70 bits per heavy atom. The lowest BCUT2D eigenvalue weighted by molar-refractivity contribution is -0.153. The maximum atomic E-state index is 11.8. The van der Waals surface area contributed by atoms with E-state index in [0.29, 0.717) is 12.8 Å². The van der Waals surface area contributed by atoms with E-state index in [1.165, 1.54) is 11.3 Å². The molecule has 1 aromatic heterocycles. The van der Waals surface area contributed by atoms with E-state index in [-0.39, 0.29) is 18.6 Å². The lowest BCUT2D eigenvalue weighted by Crippen LogP contribution is -2.50. The predicted octanol–water partition coefficient (Wildman–Crippen LogP) is 2.07. The summed E-state index contributed by atoms with van der Waals surface area (Å²) in [4.78, 5) is 27.3. The molecule has 1 atom stereocenters. The summed E-state index contributed by atoms with van der Waals surface area (Å²) in [6.07, 6.45) is 2.16. The second-order valence-electron chi connectivity index (χ2n) is 5.31. The summed E-state index contributed by atoms with van der Waals surface area (Å²) >= 11 is 1.50. The average Bonchev–Trinajstić information content (AvgIpc) is 2.74. The Kier molecular flexibility index (Phi) is 4.27. The largest absolute Gasteiger partial charge is 0.481 e. The normalized spacial score (nSPS) is 17.9. The van der Waals surface area contributed by atoms with E-state index in [2.05, 4.69) is 15.6 Å². The number of thiazole rings is 1. The van der Waals surface area contributed by atoms with Crippen molar-refractivity contribution in [2.24, 2.45) is 5.41 Å². The van der Waals surface area contributed by atoms with Crippen LogP contribution in [0.1, 0.15) is 42.9 Å². The fraction of sp³-hybridized carbons (Fsp3) is 0.615. The molecule has 20 heavy (non-hydrogen) atoms. The van der Waals surface area contributed by atoms with E-state index >= 15 is 0 Å². The quantitative estimate of drug-likeness (QED) is 0.776. The van der Waals surface area contributed by atoms with Crippen molar-refractivity contribution >= 4 is 23.3 Å². The van der Waals surface area contributed by atoms with Crippen LogP contribution in [0, 0.1) is 12.3 Å². The molecule has 1 saturated carbocycles. The van der Waals surface area contributed by atoms with Gasteiger partial charge in [-0.05, 0) is 26.7 Å². The molecule has 0 bridgehead atoms. The highest BCUT2D eigenvalue weighted by Gasteiger charge is 2.44. The number of rotatable bonds is 5. The fourth-order valence-electron chi connectivity index (χ4n) is 2.20. The second-order valence-corrected chi connectivity index (χ2v) is 6.20. The highest BCUT2D eigenvalue weighted by Crippen LogP contribution is 2.40. The van der Waals surface area contributed by atoms with Gasteiger partial charge in [-0.2, -0.15) is 0 Å². The van der Waals surface area contributed by atoms with Crippen LogP contribution in [0.15, 0.2) is 5.38 Å². The Balaban J connectivity index is 1.82. The first kappa shape index (κ1) is 14.8. The number of aryl methyl sites for hydroxylation is 1. The number of amides is 2. The molecule has 0 radical (unpaired) electrons. The van der Waals surface area contributed by atoms with Gasteiger partial charge in [0, 0.05) is 17.6 Å². The summed E-state index contributed by atoms with van der Waals surface area (Å²) in [5.74, 6) is -0.826. The number of hydrogen-bond donors (Lipinski definition) is 3. The van der Waals surface area contributed by atoms with Crippen LogP contribution in [-0.4, -0.2) is 28.6 Å². The van der Waals surface area contributed by atoms with Gasteiger partial charge in [0.1, 0.15) is 5.01 Å². The molecule has 2 amide bonds. The fourth-order valence-corrected chi connectivity index (χ4v) is 3.00. The van der Waals surface area contributed by atoms with Crippen molar-refractivity contribution in [2.75, 3.05) is 6.54 Å². The summed E-state index contributed by atoms with van der Waals surface area (Å²) in [6, 6.07) is -0.534. The molecule has 6 nitrogen and oxygen atoms in total. The molecular formula is C13H19N3O3S. The second kappa shape index (κ2) is 5.78. The van der Waals surface area contributed by atoms with E-state index in [4.69, 9.17) is 0 Å². The van der Waals surface area contributed by atoms with Gasteiger partial charge < -0.3 is 15.7 Å². The van der Waals surface area contributed by atoms with Gasteiger partial charge in [0.25, 0.3) is 0 Å². The number of carbonyl (C=O) groups excluding carboxylic acids is 1. The summed E-state index contributed by atoms with van der Waals surface area (Å²) in [5.41, 5.74) is 0.164. The molecule has 1 aromatic rings. The van der Waals surface area contributed by atoms with Gasteiger partial charge in [0.05, 0.1) is 11.5 Å². The minimum Gasteiger partial charge on any atom is -0.481 e. The smallest absolute Gasteiger partial charge is 0.315 e. The molecule has 0 aliphatic heterocycles. The number of hydrogen-bond acceptors (Lipinski definition) is 4. The van der Waals surface area contributed by atoms with Crippen molar-refractivity contribution in [1.29, 1.82) is 0 Å². The Morgan fingerprint density at radius 2 is 2.25 bits per heavy atom. The van der Waals surface area contributed by atoms with Crippen LogP contribution in [0.5, 0.6) is 0 Å². The van der Waals surface area contributed by atoms with Crippen LogP contribution in [0.25, 0.3) is 0 Å². The van der Waals surface area contributed by atoms with Crippen molar-refractivity contribution in [2.45, 2.75) is 39.2 Å². The molecule has 1 aliphatic rings. The number of aromatic nitrogens is 1. The summed E-state index contributed by atoms with van der Waals surface area (Å²) in [5, 5.41) is 17.4. The first-order valence-corrected chi connectivity index (χ1v) is 7.51. The number of carbonyl (C=O) groups is 2. The van der Waals surface area contributed by atoms with Gasteiger partial charge in [-0.1, -0.05) is 6.42 Å². The van der Waals surface area contributed by atoms with Crippen molar-refractivity contribution in [1.82, 2.24) is 15.6 Å². The van der Waals surface area contributed by atoms with E-state index < -0.39 is 11.4 Å². The minimum atomic E-state index is -0.826. The van der Waals surface area contributed by atoms with Gasteiger partial charge in [0.15, 0.2) is 0 Å². The molecule has 1 unspecified atom stereocenters. The maximum Gasteiger partial charge on any atom is 0.315 e. The SMILES string of the molecule is Cc1csc(C(C)NC(=O)NCC2(C(=O)O)CCC2)n1. The number of nitrogens with zero attached hydrogens (tertiary/aromatic N) is 1. The third-order valence-electron chi connectivity index (χ3n) is 3.71. The monoisotopic (exact) mass is 297 g/mol. The lowest BCUT2D eigenvalue weighted by Gasteiger charge is -2.37. The zero-order valence-corrected chi connectivity index (χ0v) is 12.4. The molecule has 1 aliphatic carbocycles. The number of carboxylic acid groups (broad SMARTS) is 1. The third kappa shape index (κ3) is 3.09. The molecule has 0 saturated heterocycles. The number of carboxylic acids is 1. The van der Waals surface area contributed by atoms with Gasteiger partial charge in [-0.25, -0.2) is 9.78 Å². The van der Waals surface area contributed by atoms with Crippen LogP contribution in [0.4, 0.5) is 4.79 Å². The number of nitrogens with one attached hydrogen (secondary N) is 2. The standard InChI is InChI=1S/C13H19N3O3S/c1-8-6-20-10(15-8)9(2)16-12(19)14-7-13(11(17)18)4-3-5-13/h6,9H,3-5,7H2,1-2H3,(H,17,18)(H2,14,16,19). The van der Waals surface area contributed by atoms with Crippen molar-refractivity contribution in [3.8, 4) is 0 Å². The molecular weight excluding hydrogens is 278 g/mol. The summed E-state index contributed by atoms with van der Waals surface area (Å²) < 4.78 is 0. The molecule has 1 heterocycles. The molecule has 7 heteroatoms. The zero-order chi connectivity index (χ0) is 14.8.